The Morgan fingerprint density at radius 2 is 2.12 bits per heavy atom. The van der Waals surface area contributed by atoms with E-state index in [1.165, 1.54) is 19.3 Å². The van der Waals surface area contributed by atoms with Crippen LogP contribution in [0.3, 0.4) is 0 Å². The molecule has 1 aromatic carbocycles. The molecular formula is C21H22F2N4O4S. The van der Waals surface area contributed by atoms with Crippen molar-refractivity contribution in [2.75, 3.05) is 0 Å². The molecule has 0 saturated carbocycles. The quantitative estimate of drug-likeness (QED) is 0.517. The molecule has 0 bridgehead atoms. The molecule has 32 heavy (non-hydrogen) atoms. The van der Waals surface area contributed by atoms with Gasteiger partial charge in [-0.25, -0.2) is 18.6 Å². The van der Waals surface area contributed by atoms with Crippen molar-refractivity contribution in [3.8, 4) is 0 Å². The van der Waals surface area contributed by atoms with E-state index in [2.05, 4.69) is 20.6 Å². The Balaban J connectivity index is 1.61. The van der Waals surface area contributed by atoms with Crippen LogP contribution >= 0.6 is 11.8 Å². The van der Waals surface area contributed by atoms with Crippen molar-refractivity contribution >= 4 is 29.5 Å². The number of rotatable bonds is 6. The number of nitrogens with zero attached hydrogens (tertiary/aromatic N) is 1. The van der Waals surface area contributed by atoms with Gasteiger partial charge in [-0.15, -0.1) is 11.8 Å². The highest BCUT2D eigenvalue weighted by Gasteiger charge is 2.65. The highest BCUT2D eigenvalue weighted by Crippen LogP contribution is 2.56. The molecule has 170 valence electrons. The zero-order valence-corrected chi connectivity index (χ0v) is 18.0. The van der Waals surface area contributed by atoms with E-state index in [4.69, 9.17) is 0 Å². The van der Waals surface area contributed by atoms with Gasteiger partial charge in [0.25, 0.3) is 0 Å². The van der Waals surface area contributed by atoms with Gasteiger partial charge in [0.15, 0.2) is 4.87 Å². The van der Waals surface area contributed by atoms with Crippen LogP contribution in [0.1, 0.15) is 30.2 Å². The lowest BCUT2D eigenvalue weighted by Gasteiger charge is -2.54. The monoisotopic (exact) mass is 464 g/mol. The van der Waals surface area contributed by atoms with Crippen molar-refractivity contribution in [1.82, 2.24) is 20.6 Å². The lowest BCUT2D eigenvalue weighted by Crippen LogP contribution is -2.71. The topological polar surface area (TPSA) is 124 Å². The third-order valence-electron chi connectivity index (χ3n) is 6.06. The molecular weight excluding hydrogens is 442 g/mol. The highest BCUT2D eigenvalue weighted by atomic mass is 32.2. The maximum atomic E-state index is 14.2. The molecule has 2 heterocycles. The fourth-order valence-electron chi connectivity index (χ4n) is 4.71. The first-order valence-electron chi connectivity index (χ1n) is 10.1. The maximum Gasteiger partial charge on any atom is 0.340 e. The SMILES string of the molecule is CC(=O)N[C@]1(C(=O)O)SC(C(=O)NCc2cnc[nH]2)C1[C@H]1CCc2c(F)cc(F)cc2C1. The van der Waals surface area contributed by atoms with E-state index in [9.17, 15) is 28.3 Å². The van der Waals surface area contributed by atoms with Gasteiger partial charge in [-0.3, -0.25) is 9.59 Å². The zero-order chi connectivity index (χ0) is 23.0. The summed E-state index contributed by atoms with van der Waals surface area (Å²) in [6, 6.07) is 2.09. The van der Waals surface area contributed by atoms with Crippen molar-refractivity contribution in [1.29, 1.82) is 0 Å². The highest BCUT2D eigenvalue weighted by molar-refractivity contribution is 8.04. The number of carboxylic acids is 1. The number of carboxylic acid groups (broad SMARTS) is 1. The molecule has 8 nitrogen and oxygen atoms in total. The normalized spacial score (nSPS) is 26.5. The van der Waals surface area contributed by atoms with Crippen molar-refractivity contribution in [2.24, 2.45) is 11.8 Å². The minimum absolute atomic E-state index is 0.187. The molecule has 1 saturated heterocycles. The number of carbonyl (C=O) groups is 3. The maximum absolute atomic E-state index is 14.2. The van der Waals surface area contributed by atoms with E-state index in [0.29, 0.717) is 29.7 Å². The number of aromatic nitrogens is 2. The Morgan fingerprint density at radius 3 is 2.78 bits per heavy atom. The number of amides is 2. The summed E-state index contributed by atoms with van der Waals surface area (Å²) in [4.78, 5) is 42.1. The van der Waals surface area contributed by atoms with E-state index >= 15 is 0 Å². The Labute approximate surface area is 186 Å². The van der Waals surface area contributed by atoms with Crippen LogP contribution < -0.4 is 10.6 Å². The van der Waals surface area contributed by atoms with E-state index in [-0.39, 0.29) is 24.8 Å². The average molecular weight is 464 g/mol. The molecule has 4 atom stereocenters. The van der Waals surface area contributed by atoms with Crippen LogP contribution in [0.2, 0.25) is 0 Å². The van der Waals surface area contributed by atoms with Crippen LogP contribution in [0.15, 0.2) is 24.7 Å². The molecule has 4 N–H and O–H groups in total. The number of halogens is 2. The van der Waals surface area contributed by atoms with Gasteiger partial charge in [-0.05, 0) is 42.4 Å². The van der Waals surface area contributed by atoms with Crippen molar-refractivity contribution in [3.63, 3.8) is 0 Å². The molecule has 1 aromatic heterocycles. The third kappa shape index (κ3) is 3.96. The lowest BCUT2D eigenvalue weighted by molar-refractivity contribution is -0.148. The molecule has 2 unspecified atom stereocenters. The van der Waals surface area contributed by atoms with Crippen LogP contribution in [0.4, 0.5) is 8.78 Å². The number of hydrogen-bond acceptors (Lipinski definition) is 5. The van der Waals surface area contributed by atoms with Crippen molar-refractivity contribution in [2.45, 2.75) is 42.9 Å². The molecule has 2 aromatic rings. The fourth-order valence-corrected chi connectivity index (χ4v) is 6.44. The predicted octanol–water partition coefficient (Wildman–Crippen LogP) is 1.76. The van der Waals surface area contributed by atoms with Crippen LogP contribution in [0, 0.1) is 23.5 Å². The standard InChI is InChI=1S/C21H22F2N4O4S/c1-10(28)27-21(20(30)31)17(18(32-21)19(29)25-8-14-7-24-9-26-14)11-2-3-15-12(4-11)5-13(22)6-16(15)23/h5-7,9,11,17-18H,2-4,8H2,1H3,(H,24,26)(H,25,29)(H,27,28)(H,30,31)/t11-,17?,18?,21-/m0/s1. The van der Waals surface area contributed by atoms with Crippen LogP contribution in [0.5, 0.6) is 0 Å². The number of benzene rings is 1. The molecule has 0 spiro atoms. The lowest BCUT2D eigenvalue weighted by atomic mass is 9.71. The molecule has 11 heteroatoms. The predicted molar refractivity (Wildman–Crippen MR) is 111 cm³/mol. The summed E-state index contributed by atoms with van der Waals surface area (Å²) in [6.07, 6.45) is 3.97. The first-order valence-corrected chi connectivity index (χ1v) is 11.0. The van der Waals surface area contributed by atoms with Gasteiger partial charge < -0.3 is 20.7 Å². The van der Waals surface area contributed by atoms with Gasteiger partial charge in [0.05, 0.1) is 23.8 Å². The number of imidazole rings is 1. The second-order valence-corrected chi connectivity index (χ2v) is 9.50. The molecule has 1 fully saturated rings. The summed E-state index contributed by atoms with van der Waals surface area (Å²) in [6.45, 7) is 1.40. The van der Waals surface area contributed by atoms with Crippen LogP contribution in [-0.2, 0) is 33.8 Å². The first kappa shape index (κ1) is 22.3. The number of H-pyrrole nitrogens is 1. The van der Waals surface area contributed by atoms with Gasteiger partial charge in [-0.1, -0.05) is 0 Å². The summed E-state index contributed by atoms with van der Waals surface area (Å²) < 4.78 is 28.0. The average Bonchev–Trinajstić information content (AvgIpc) is 3.21. The number of carbonyl (C=O) groups excluding carboxylic acids is 2. The van der Waals surface area contributed by atoms with E-state index in [0.717, 1.165) is 17.8 Å². The largest absolute Gasteiger partial charge is 0.479 e. The zero-order valence-electron chi connectivity index (χ0n) is 17.2. The Kier molecular flexibility index (Phi) is 5.93. The van der Waals surface area contributed by atoms with Gasteiger partial charge in [-0.2, -0.15) is 0 Å². The Hall–Kier alpha value is -2.95. The van der Waals surface area contributed by atoms with E-state index in [1.807, 2.05) is 0 Å². The molecule has 1 aliphatic carbocycles. The third-order valence-corrected chi connectivity index (χ3v) is 7.74. The fraction of sp³-hybridized carbons (Fsp3) is 0.429. The molecule has 1 aliphatic heterocycles. The summed E-state index contributed by atoms with van der Waals surface area (Å²) in [7, 11) is 0. The second-order valence-electron chi connectivity index (χ2n) is 8.11. The molecule has 0 radical (unpaired) electrons. The summed E-state index contributed by atoms with van der Waals surface area (Å²) in [5.74, 6) is -4.60. The van der Waals surface area contributed by atoms with E-state index in [1.54, 1.807) is 6.20 Å². The number of thioether (sulfide) groups is 1. The molecule has 2 amide bonds. The van der Waals surface area contributed by atoms with Crippen molar-refractivity contribution in [3.05, 3.63) is 53.1 Å². The number of aliphatic carboxylic acids is 1. The molecule has 2 aliphatic rings. The second kappa shape index (κ2) is 8.53. The number of fused-ring (bicyclic) bond motifs is 1. The summed E-state index contributed by atoms with van der Waals surface area (Å²) >= 11 is 0.875. The van der Waals surface area contributed by atoms with Crippen LogP contribution in [0.25, 0.3) is 0 Å². The van der Waals surface area contributed by atoms with Gasteiger partial charge in [0, 0.05) is 25.1 Å². The molecule has 4 rings (SSSR count). The Bertz CT molecular complexity index is 1060. The Morgan fingerprint density at radius 1 is 1.34 bits per heavy atom. The van der Waals surface area contributed by atoms with Gasteiger partial charge in [0.2, 0.25) is 11.8 Å². The van der Waals surface area contributed by atoms with Crippen LogP contribution in [-0.4, -0.2) is 43.0 Å². The number of aromatic amines is 1. The number of nitrogens with one attached hydrogen (secondary N) is 3. The minimum Gasteiger partial charge on any atom is -0.479 e. The van der Waals surface area contributed by atoms with Gasteiger partial charge >= 0.3 is 5.97 Å². The smallest absolute Gasteiger partial charge is 0.340 e. The summed E-state index contributed by atoms with van der Waals surface area (Å²) in [5.41, 5.74) is 1.56. The first-order chi connectivity index (χ1) is 15.2. The number of hydrogen-bond donors (Lipinski definition) is 4. The minimum atomic E-state index is -1.68. The summed E-state index contributed by atoms with van der Waals surface area (Å²) in [5, 5.41) is 14.5. The van der Waals surface area contributed by atoms with Crippen molar-refractivity contribution < 1.29 is 28.3 Å². The van der Waals surface area contributed by atoms with Gasteiger partial charge in [0.1, 0.15) is 11.6 Å². The van der Waals surface area contributed by atoms with E-state index < -0.39 is 39.5 Å².